The second kappa shape index (κ2) is 7.86. The van der Waals surface area contributed by atoms with Crippen molar-refractivity contribution in [1.82, 2.24) is 9.78 Å². The van der Waals surface area contributed by atoms with Gasteiger partial charge in [0, 0.05) is 23.9 Å². The number of hydrogen-bond acceptors (Lipinski definition) is 4. The fraction of sp³-hybridized carbons (Fsp3) is 0.133. The molecule has 0 saturated carbocycles. The van der Waals surface area contributed by atoms with Gasteiger partial charge in [-0.2, -0.15) is 13.9 Å². The Balaban J connectivity index is 2.00. The highest BCUT2D eigenvalue weighted by Gasteiger charge is 2.08. The minimum atomic E-state index is -2.96. The highest BCUT2D eigenvalue weighted by molar-refractivity contribution is 6.01. The van der Waals surface area contributed by atoms with Gasteiger partial charge in [0.2, 0.25) is 11.8 Å². The molecule has 0 spiro atoms. The van der Waals surface area contributed by atoms with Crippen molar-refractivity contribution < 1.29 is 23.1 Å². The lowest BCUT2D eigenvalue weighted by Crippen LogP contribution is -2.19. The van der Waals surface area contributed by atoms with Crippen LogP contribution in [0.5, 0.6) is 5.75 Å². The zero-order valence-corrected chi connectivity index (χ0v) is 12.4. The van der Waals surface area contributed by atoms with Crippen LogP contribution in [0.1, 0.15) is 5.56 Å². The van der Waals surface area contributed by atoms with E-state index in [1.807, 2.05) is 0 Å². The molecule has 0 aliphatic heterocycles. The molecule has 0 aliphatic rings. The predicted octanol–water partition coefficient (Wildman–Crippen LogP) is 1.62. The number of hydrogen-bond donors (Lipinski definition) is 2. The zero-order valence-electron chi connectivity index (χ0n) is 12.4. The van der Waals surface area contributed by atoms with E-state index in [1.165, 1.54) is 35.2 Å². The number of ether oxygens (including phenoxy) is 1. The predicted molar refractivity (Wildman–Crippen MR) is 82.2 cm³/mol. The van der Waals surface area contributed by atoms with Gasteiger partial charge in [0.25, 0.3) is 0 Å². The van der Waals surface area contributed by atoms with Gasteiger partial charge in [-0.05, 0) is 12.1 Å². The molecule has 1 aromatic heterocycles. The molecule has 126 valence electrons. The Morgan fingerprint density at radius 2 is 2.08 bits per heavy atom. The molecule has 3 N–H and O–H groups in total. The Bertz CT molecular complexity index is 759. The highest BCUT2D eigenvalue weighted by atomic mass is 19.3. The summed E-state index contributed by atoms with van der Waals surface area (Å²) in [6, 6.07) is 7.56. The van der Waals surface area contributed by atoms with E-state index in [-0.39, 0.29) is 18.1 Å². The van der Waals surface area contributed by atoms with Crippen molar-refractivity contribution in [2.45, 2.75) is 13.2 Å². The molecule has 0 atom stereocenters. The van der Waals surface area contributed by atoms with Crippen LogP contribution < -0.4 is 15.8 Å². The summed E-state index contributed by atoms with van der Waals surface area (Å²) < 4.78 is 30.3. The molecule has 0 bridgehead atoms. The molecule has 0 unspecified atom stereocenters. The quantitative estimate of drug-likeness (QED) is 0.751. The van der Waals surface area contributed by atoms with Crippen LogP contribution >= 0.6 is 0 Å². The number of halogens is 2. The van der Waals surface area contributed by atoms with E-state index in [2.05, 4.69) is 15.2 Å². The van der Waals surface area contributed by atoms with Gasteiger partial charge >= 0.3 is 6.61 Å². The average molecular weight is 336 g/mol. The van der Waals surface area contributed by atoms with E-state index in [0.717, 1.165) is 6.08 Å². The van der Waals surface area contributed by atoms with Crippen LogP contribution in [0, 0.1) is 0 Å². The van der Waals surface area contributed by atoms with Crippen molar-refractivity contribution >= 4 is 23.7 Å². The lowest BCUT2D eigenvalue weighted by Gasteiger charge is -2.07. The summed E-state index contributed by atoms with van der Waals surface area (Å²) in [5.74, 6) is -0.900. The van der Waals surface area contributed by atoms with Gasteiger partial charge < -0.3 is 15.8 Å². The second-order valence-electron chi connectivity index (χ2n) is 4.60. The number of nitrogens with one attached hydrogen (secondary N) is 1. The Morgan fingerprint density at radius 3 is 2.79 bits per heavy atom. The summed E-state index contributed by atoms with van der Waals surface area (Å²) in [6.45, 7) is -3.06. The number of carbonyl (C=O) groups is 2. The number of amides is 2. The maximum absolute atomic E-state index is 12.3. The number of nitrogens with two attached hydrogens (primary N) is 1. The van der Waals surface area contributed by atoms with E-state index in [4.69, 9.17) is 5.73 Å². The first-order valence-corrected chi connectivity index (χ1v) is 6.78. The normalized spacial score (nSPS) is 11.0. The zero-order chi connectivity index (χ0) is 17.5. The Morgan fingerprint density at radius 1 is 1.33 bits per heavy atom. The summed E-state index contributed by atoms with van der Waals surface area (Å²) in [5.41, 5.74) is 5.36. The minimum Gasteiger partial charge on any atom is -0.434 e. The molecule has 24 heavy (non-hydrogen) atoms. The van der Waals surface area contributed by atoms with Crippen LogP contribution in [0.3, 0.4) is 0 Å². The molecule has 2 amide bonds. The second-order valence-corrected chi connectivity index (χ2v) is 4.60. The van der Waals surface area contributed by atoms with Gasteiger partial charge in [0.15, 0.2) is 5.82 Å². The third kappa shape index (κ3) is 5.20. The van der Waals surface area contributed by atoms with Gasteiger partial charge in [0.05, 0.1) is 0 Å². The number of para-hydroxylation sites is 1. The number of anilines is 1. The summed E-state index contributed by atoms with van der Waals surface area (Å²) >= 11 is 0. The van der Waals surface area contributed by atoms with Crippen molar-refractivity contribution in [2.24, 2.45) is 5.73 Å². The molecule has 1 heterocycles. The first kappa shape index (κ1) is 17.1. The highest BCUT2D eigenvalue weighted by Crippen LogP contribution is 2.21. The van der Waals surface area contributed by atoms with Gasteiger partial charge in [0.1, 0.15) is 12.3 Å². The third-order valence-corrected chi connectivity index (χ3v) is 2.76. The van der Waals surface area contributed by atoms with Gasteiger partial charge in [-0.1, -0.05) is 18.2 Å². The fourth-order valence-corrected chi connectivity index (χ4v) is 1.83. The number of primary amides is 1. The number of rotatable bonds is 7. The largest absolute Gasteiger partial charge is 0.434 e. The number of benzene rings is 1. The standard InChI is InChI=1S/C15H14F2N4O3/c16-15(17)24-11-4-2-1-3-10(11)5-6-14(23)19-13-7-8-21(20-13)9-12(18)22/h1-8,15H,9H2,(H2,18,22)(H,19,20,23)/b6-5-. The lowest BCUT2D eigenvalue weighted by molar-refractivity contribution is -0.118. The van der Waals surface area contributed by atoms with E-state index in [9.17, 15) is 18.4 Å². The molecule has 2 aromatic rings. The van der Waals surface area contributed by atoms with E-state index < -0.39 is 18.4 Å². The SMILES string of the molecule is NC(=O)Cn1ccc(NC(=O)/C=C\c2ccccc2OC(F)F)n1. The van der Waals surface area contributed by atoms with Crippen molar-refractivity contribution in [3.8, 4) is 5.75 Å². The van der Waals surface area contributed by atoms with Crippen molar-refractivity contribution in [2.75, 3.05) is 5.32 Å². The van der Waals surface area contributed by atoms with E-state index in [1.54, 1.807) is 12.1 Å². The smallest absolute Gasteiger partial charge is 0.387 e. The number of carbonyl (C=O) groups excluding carboxylic acids is 2. The molecular formula is C15H14F2N4O3. The van der Waals surface area contributed by atoms with Crippen molar-refractivity contribution in [1.29, 1.82) is 0 Å². The molecule has 9 heteroatoms. The summed E-state index contributed by atoms with van der Waals surface area (Å²) in [6.07, 6.45) is 3.98. The van der Waals surface area contributed by atoms with Gasteiger partial charge in [-0.15, -0.1) is 0 Å². The third-order valence-electron chi connectivity index (χ3n) is 2.76. The van der Waals surface area contributed by atoms with Crippen LogP contribution in [0.4, 0.5) is 14.6 Å². The lowest BCUT2D eigenvalue weighted by atomic mass is 10.2. The monoisotopic (exact) mass is 336 g/mol. The Hall–Kier alpha value is -3.23. The number of alkyl halides is 2. The average Bonchev–Trinajstić information content (AvgIpc) is 2.92. The van der Waals surface area contributed by atoms with Crippen LogP contribution in [0.15, 0.2) is 42.6 Å². The molecule has 0 fully saturated rings. The van der Waals surface area contributed by atoms with Crippen molar-refractivity contribution in [3.63, 3.8) is 0 Å². The van der Waals surface area contributed by atoms with Crippen molar-refractivity contribution in [3.05, 3.63) is 48.2 Å². The number of nitrogens with zero attached hydrogens (tertiary/aromatic N) is 2. The first-order valence-electron chi connectivity index (χ1n) is 6.78. The summed E-state index contributed by atoms with van der Waals surface area (Å²) in [5, 5.41) is 6.40. The summed E-state index contributed by atoms with van der Waals surface area (Å²) in [4.78, 5) is 22.6. The van der Waals surface area contributed by atoms with Crippen LogP contribution in [0.2, 0.25) is 0 Å². The van der Waals surface area contributed by atoms with E-state index >= 15 is 0 Å². The van der Waals surface area contributed by atoms with Crippen LogP contribution in [-0.2, 0) is 16.1 Å². The molecular weight excluding hydrogens is 322 g/mol. The maximum atomic E-state index is 12.3. The molecule has 0 aliphatic carbocycles. The topological polar surface area (TPSA) is 99.2 Å². The first-order chi connectivity index (χ1) is 11.4. The van der Waals surface area contributed by atoms with E-state index in [0.29, 0.717) is 5.56 Å². The molecule has 0 saturated heterocycles. The molecule has 2 rings (SSSR count). The van der Waals surface area contributed by atoms with Crippen LogP contribution in [0.25, 0.3) is 6.08 Å². The summed E-state index contributed by atoms with van der Waals surface area (Å²) in [7, 11) is 0. The Kier molecular flexibility index (Phi) is 5.61. The maximum Gasteiger partial charge on any atom is 0.387 e. The van der Waals surface area contributed by atoms with Crippen LogP contribution in [-0.4, -0.2) is 28.2 Å². The molecule has 0 radical (unpaired) electrons. The Labute approximate surface area is 135 Å². The fourth-order valence-electron chi connectivity index (χ4n) is 1.83. The van der Waals surface area contributed by atoms with Gasteiger partial charge in [-0.3, -0.25) is 14.3 Å². The minimum absolute atomic E-state index is 0.0395. The molecule has 1 aromatic carbocycles. The molecule has 7 nitrogen and oxygen atoms in total. The number of aromatic nitrogens is 2. The van der Waals surface area contributed by atoms with Gasteiger partial charge in [-0.25, -0.2) is 0 Å².